The number of rotatable bonds is 13. The van der Waals surface area contributed by atoms with Gasteiger partial charge in [-0.2, -0.15) is 0 Å². The summed E-state index contributed by atoms with van der Waals surface area (Å²) in [6.07, 6.45) is 9.86. The highest BCUT2D eigenvalue weighted by Gasteiger charge is 2.25. The molecule has 4 rings (SSSR count). The number of nitrogens with zero attached hydrogens (tertiary/aromatic N) is 1. The van der Waals surface area contributed by atoms with Gasteiger partial charge in [0.1, 0.15) is 11.6 Å². The van der Waals surface area contributed by atoms with Gasteiger partial charge in [0, 0.05) is 42.1 Å². The highest BCUT2D eigenvalue weighted by atomic mass is 35.5. The van der Waals surface area contributed by atoms with Crippen LogP contribution in [0.25, 0.3) is 0 Å². The second-order valence-electron chi connectivity index (χ2n) is 10.1. The molecular weight excluding hydrogens is 598 g/mol. The second-order valence-corrected chi connectivity index (χ2v) is 13.3. The van der Waals surface area contributed by atoms with Crippen LogP contribution in [0.2, 0.25) is 5.02 Å². The van der Waals surface area contributed by atoms with Crippen LogP contribution in [0.1, 0.15) is 52.2 Å². The summed E-state index contributed by atoms with van der Waals surface area (Å²) in [6.45, 7) is 2.22. The maximum atomic E-state index is 14.8. The highest BCUT2D eigenvalue weighted by Crippen LogP contribution is 2.44. The summed E-state index contributed by atoms with van der Waals surface area (Å²) in [4.78, 5) is 13.6. The van der Waals surface area contributed by atoms with Crippen LogP contribution >= 0.6 is 42.7 Å². The van der Waals surface area contributed by atoms with Crippen LogP contribution in [-0.2, 0) is 11.7 Å². The molecule has 3 unspecified atom stereocenters. The molecule has 3 aromatic rings. The lowest BCUT2D eigenvalue weighted by Crippen LogP contribution is -2.31. The fraction of sp³-hybridized carbons (Fsp3) is 0.281. The van der Waals surface area contributed by atoms with E-state index in [2.05, 4.69) is 78.5 Å². The minimum absolute atomic E-state index is 0.0859. The number of hydrogen-bond acceptors (Lipinski definition) is 4. The zero-order chi connectivity index (χ0) is 29.4. The average Bonchev–Trinajstić information content (AvgIpc) is 2.95. The molecular formula is C32H34ClF2NO2P2S. The van der Waals surface area contributed by atoms with Gasteiger partial charge in [-0.3, -0.25) is 9.69 Å². The predicted octanol–water partition coefficient (Wildman–Crippen LogP) is 8.74. The number of hydrogen-bond donors (Lipinski definition) is 1. The van der Waals surface area contributed by atoms with Gasteiger partial charge in [-0.05, 0) is 42.0 Å². The summed E-state index contributed by atoms with van der Waals surface area (Å²) in [5, 5.41) is -1.32. The van der Waals surface area contributed by atoms with Crippen molar-refractivity contribution in [1.29, 1.82) is 0 Å². The molecule has 0 spiro atoms. The average molecular weight is 632 g/mol. The number of carbonyl (C=O) groups is 1. The van der Waals surface area contributed by atoms with E-state index >= 15 is 0 Å². The van der Waals surface area contributed by atoms with Crippen LogP contribution < -0.4 is 4.74 Å². The molecule has 0 bridgehead atoms. The van der Waals surface area contributed by atoms with E-state index in [1.807, 2.05) is 18.2 Å². The Morgan fingerprint density at radius 1 is 1.12 bits per heavy atom. The smallest absolute Gasteiger partial charge is 0.162 e. The molecule has 0 saturated carbocycles. The number of thiol groups is 1. The Hall–Kier alpha value is -2.07. The minimum Gasteiger partial charge on any atom is -0.493 e. The van der Waals surface area contributed by atoms with E-state index in [1.165, 1.54) is 17.2 Å². The zero-order valence-electron chi connectivity index (χ0n) is 22.6. The van der Waals surface area contributed by atoms with E-state index in [-0.39, 0.29) is 16.4 Å². The van der Waals surface area contributed by atoms with Gasteiger partial charge in [0.25, 0.3) is 0 Å². The summed E-state index contributed by atoms with van der Waals surface area (Å²) >= 11 is 10.9. The van der Waals surface area contributed by atoms with Crippen molar-refractivity contribution in [3.63, 3.8) is 0 Å². The molecule has 3 aromatic carbocycles. The third kappa shape index (κ3) is 8.72. The number of allylic oxidation sites excluding steroid dienone is 3. The van der Waals surface area contributed by atoms with Crippen LogP contribution in [-0.4, -0.2) is 30.9 Å². The third-order valence-corrected chi connectivity index (χ3v) is 8.48. The maximum Gasteiger partial charge on any atom is 0.162 e. The van der Waals surface area contributed by atoms with E-state index in [0.29, 0.717) is 55.3 Å². The topological polar surface area (TPSA) is 29.5 Å². The first-order valence-corrected chi connectivity index (χ1v) is 15.4. The van der Waals surface area contributed by atoms with Crippen molar-refractivity contribution < 1.29 is 18.3 Å². The molecule has 0 saturated heterocycles. The lowest BCUT2D eigenvalue weighted by atomic mass is 9.87. The zero-order valence-corrected chi connectivity index (χ0v) is 26.6. The molecule has 41 heavy (non-hydrogen) atoms. The summed E-state index contributed by atoms with van der Waals surface area (Å²) in [7, 11) is 4.37. The van der Waals surface area contributed by atoms with Crippen molar-refractivity contribution in [2.75, 3.05) is 19.7 Å². The number of alkyl halides is 1. The Labute approximate surface area is 256 Å². The monoisotopic (exact) mass is 631 g/mol. The van der Waals surface area contributed by atoms with Gasteiger partial charge in [-0.25, -0.2) is 8.78 Å². The molecule has 1 aliphatic carbocycles. The van der Waals surface area contributed by atoms with Crippen LogP contribution in [0.5, 0.6) is 5.75 Å². The minimum atomic E-state index is -1.73. The number of halogens is 3. The fourth-order valence-corrected chi connectivity index (χ4v) is 6.25. The second kappa shape index (κ2) is 14.9. The number of benzene rings is 3. The molecule has 0 aromatic heterocycles. The first-order chi connectivity index (χ1) is 19.7. The molecule has 3 atom stereocenters. The Balaban J connectivity index is 1.56. The SMILES string of the molecule is O=Cc1c(F)cc(OCCCN(Cc2cccc(C(F)(P)P)c2Cl)CC(C2=CCCC=C2)c2ccccc2)cc1S. The molecule has 0 fully saturated rings. The highest BCUT2D eigenvalue weighted by molar-refractivity contribution is 7.80. The molecule has 3 nitrogen and oxygen atoms in total. The van der Waals surface area contributed by atoms with Gasteiger partial charge in [-0.15, -0.1) is 12.6 Å². The van der Waals surface area contributed by atoms with Crippen molar-refractivity contribution in [2.24, 2.45) is 0 Å². The normalized spacial score (nSPS) is 14.2. The summed E-state index contributed by atoms with van der Waals surface area (Å²) in [5.74, 6) is -0.207. The largest absolute Gasteiger partial charge is 0.493 e. The van der Waals surface area contributed by atoms with Crippen LogP contribution in [0.3, 0.4) is 0 Å². The predicted molar refractivity (Wildman–Crippen MR) is 174 cm³/mol. The van der Waals surface area contributed by atoms with Gasteiger partial charge >= 0.3 is 0 Å². The van der Waals surface area contributed by atoms with Gasteiger partial charge in [0.15, 0.2) is 11.4 Å². The van der Waals surface area contributed by atoms with Crippen LogP contribution in [0.15, 0.2) is 89.4 Å². The molecule has 9 heteroatoms. The first-order valence-electron chi connectivity index (χ1n) is 13.5. The van der Waals surface area contributed by atoms with Gasteiger partial charge in [0.2, 0.25) is 0 Å². The van der Waals surface area contributed by atoms with E-state index in [9.17, 15) is 13.6 Å². The summed E-state index contributed by atoms with van der Waals surface area (Å²) in [6, 6.07) is 18.6. The first kappa shape index (κ1) is 31.9. The standard InChI is InChI=1S/C32H34ClF2NO2P2S/c33-31-24(13-7-14-28(31)32(35,39)40)19-36(15-8-16-38-25-17-29(34)27(21-37)30(41)18-25)20-26(22-9-3-1-4-10-22)23-11-5-2-6-12-23/h1,3-5,7,9-14,17-18,21,26,41H,2,6,8,15-16,19-20,39-40H2. The Bertz CT molecular complexity index is 1390. The summed E-state index contributed by atoms with van der Waals surface area (Å²) in [5.41, 5.74) is 3.64. The van der Waals surface area contributed by atoms with E-state index in [4.69, 9.17) is 16.3 Å². The molecule has 0 amide bonds. The van der Waals surface area contributed by atoms with Gasteiger partial charge in [-0.1, -0.05) is 96.8 Å². The molecule has 1 aliphatic rings. The Morgan fingerprint density at radius 2 is 1.90 bits per heavy atom. The summed E-state index contributed by atoms with van der Waals surface area (Å²) < 4.78 is 34.9. The number of carbonyl (C=O) groups excluding carboxylic acids is 1. The number of ether oxygens (including phenoxy) is 1. The molecule has 216 valence electrons. The molecule has 0 aliphatic heterocycles. The van der Waals surface area contributed by atoms with Gasteiger partial charge in [0.05, 0.1) is 17.2 Å². The molecule has 0 radical (unpaired) electrons. The Kier molecular flexibility index (Phi) is 11.6. The Morgan fingerprint density at radius 3 is 2.56 bits per heavy atom. The van der Waals surface area contributed by atoms with Crippen molar-refractivity contribution >= 4 is 49.0 Å². The van der Waals surface area contributed by atoms with Crippen molar-refractivity contribution in [1.82, 2.24) is 4.90 Å². The lowest BCUT2D eigenvalue weighted by molar-refractivity contribution is 0.111. The molecule has 0 heterocycles. The number of aldehydes is 1. The van der Waals surface area contributed by atoms with Crippen molar-refractivity contribution in [2.45, 2.75) is 41.8 Å². The third-order valence-electron chi connectivity index (χ3n) is 7.04. The van der Waals surface area contributed by atoms with E-state index in [0.717, 1.165) is 18.4 Å². The van der Waals surface area contributed by atoms with E-state index in [1.54, 1.807) is 12.1 Å². The van der Waals surface area contributed by atoms with Gasteiger partial charge < -0.3 is 4.74 Å². The quantitative estimate of drug-likeness (QED) is 0.0885. The van der Waals surface area contributed by atoms with Crippen LogP contribution in [0.4, 0.5) is 8.78 Å². The fourth-order valence-electron chi connectivity index (χ4n) is 4.97. The van der Waals surface area contributed by atoms with Crippen molar-refractivity contribution in [3.8, 4) is 5.75 Å². The van der Waals surface area contributed by atoms with E-state index < -0.39 is 11.0 Å². The molecule has 0 N–H and O–H groups in total. The van der Waals surface area contributed by atoms with Crippen molar-refractivity contribution in [3.05, 3.63) is 118 Å². The maximum absolute atomic E-state index is 14.8. The van der Waals surface area contributed by atoms with Crippen LogP contribution in [0, 0.1) is 5.82 Å². The lowest BCUT2D eigenvalue weighted by Gasteiger charge is -2.30.